The second kappa shape index (κ2) is 4.80. The van der Waals surface area contributed by atoms with E-state index in [2.05, 4.69) is 9.71 Å². The highest BCUT2D eigenvalue weighted by Crippen LogP contribution is 2.47. The smallest absolute Gasteiger partial charge is 0.266 e. The summed E-state index contributed by atoms with van der Waals surface area (Å²) in [7, 11) is -3.70. The Kier molecular flexibility index (Phi) is 3.24. The van der Waals surface area contributed by atoms with Crippen molar-refractivity contribution in [3.05, 3.63) is 29.8 Å². The van der Waals surface area contributed by atoms with Crippen LogP contribution in [0.2, 0.25) is 0 Å². The van der Waals surface area contributed by atoms with Crippen LogP contribution in [-0.4, -0.2) is 24.6 Å². The monoisotopic (exact) mass is 298 g/mol. The van der Waals surface area contributed by atoms with Crippen molar-refractivity contribution >= 4 is 15.9 Å². The molecule has 2 fully saturated rings. The van der Waals surface area contributed by atoms with E-state index >= 15 is 0 Å². The number of aromatic nitrogens is 1. The Morgan fingerprint density at radius 1 is 1.30 bits per heavy atom. The van der Waals surface area contributed by atoms with E-state index in [-0.39, 0.29) is 11.5 Å². The fourth-order valence-electron chi connectivity index (χ4n) is 3.37. The number of fused-ring (bicyclic) bond motifs is 2. The topological polar surface area (TPSA) is 76.1 Å². The molecule has 0 saturated heterocycles. The fourth-order valence-corrected chi connectivity index (χ4v) is 5.17. The highest BCUT2D eigenvalue weighted by atomic mass is 32.2. The van der Waals surface area contributed by atoms with Gasteiger partial charge in [-0.15, -0.1) is 0 Å². The molecule has 3 rings (SSSR count). The first-order chi connectivity index (χ1) is 9.45. The molecular formula is C13H15FN2O3S. The number of hydrogen-bond acceptors (Lipinski definition) is 4. The van der Waals surface area contributed by atoms with E-state index in [0.29, 0.717) is 12.3 Å². The Morgan fingerprint density at radius 3 is 2.70 bits per heavy atom. The van der Waals surface area contributed by atoms with Gasteiger partial charge in [0.15, 0.2) is 0 Å². The highest BCUT2D eigenvalue weighted by molar-refractivity contribution is 7.90. The van der Waals surface area contributed by atoms with E-state index < -0.39 is 27.0 Å². The third-order valence-electron chi connectivity index (χ3n) is 4.27. The summed E-state index contributed by atoms with van der Waals surface area (Å²) in [5.41, 5.74) is -0.0864. The standard InChI is InChI=1S/C13H15FN2O3S/c14-11-5-10(6-15-7-11)13(17)16-20(18,19)12-4-8-1-2-9(12)3-8/h5-9,12H,1-4H2,(H,16,17)/t8-,9+,12?/m1/s1. The number of nitrogens with zero attached hydrogens (tertiary/aromatic N) is 1. The zero-order valence-corrected chi connectivity index (χ0v) is 11.6. The first kappa shape index (κ1) is 13.5. The van der Waals surface area contributed by atoms with Crippen molar-refractivity contribution in [2.45, 2.75) is 30.9 Å². The van der Waals surface area contributed by atoms with Gasteiger partial charge >= 0.3 is 0 Å². The molecule has 1 N–H and O–H groups in total. The number of carbonyl (C=O) groups is 1. The van der Waals surface area contributed by atoms with Gasteiger partial charge in [0, 0.05) is 6.20 Å². The SMILES string of the molecule is O=C(NS(=O)(=O)C1C[C@@H]2CC[C@H]1C2)c1cncc(F)c1. The van der Waals surface area contributed by atoms with Crippen LogP contribution < -0.4 is 4.72 Å². The molecule has 0 radical (unpaired) electrons. The molecule has 2 bridgehead atoms. The maximum atomic E-state index is 13.0. The first-order valence-electron chi connectivity index (χ1n) is 6.62. The summed E-state index contributed by atoms with van der Waals surface area (Å²) in [4.78, 5) is 15.4. The minimum Gasteiger partial charge on any atom is -0.268 e. The minimum absolute atomic E-state index is 0.0864. The number of amides is 1. The summed E-state index contributed by atoms with van der Waals surface area (Å²) < 4.78 is 39.5. The summed E-state index contributed by atoms with van der Waals surface area (Å²) in [6.07, 6.45) is 5.65. The van der Waals surface area contributed by atoms with Crippen molar-refractivity contribution < 1.29 is 17.6 Å². The lowest BCUT2D eigenvalue weighted by Crippen LogP contribution is -2.40. The second-order valence-corrected chi connectivity index (χ2v) is 7.48. The van der Waals surface area contributed by atoms with E-state index in [1.807, 2.05) is 0 Å². The van der Waals surface area contributed by atoms with Crippen LogP contribution in [0.4, 0.5) is 4.39 Å². The van der Waals surface area contributed by atoms with Gasteiger partial charge in [0.25, 0.3) is 5.91 Å². The largest absolute Gasteiger partial charge is 0.268 e. The van der Waals surface area contributed by atoms with Gasteiger partial charge in [0.05, 0.1) is 17.0 Å². The van der Waals surface area contributed by atoms with Gasteiger partial charge < -0.3 is 0 Å². The normalized spacial score (nSPS) is 28.6. The van der Waals surface area contributed by atoms with Crippen molar-refractivity contribution in [3.8, 4) is 0 Å². The van der Waals surface area contributed by atoms with Crippen molar-refractivity contribution in [2.75, 3.05) is 0 Å². The van der Waals surface area contributed by atoms with Gasteiger partial charge in [0.1, 0.15) is 5.82 Å². The first-order valence-corrected chi connectivity index (χ1v) is 8.17. The average molecular weight is 298 g/mol. The molecule has 0 aliphatic heterocycles. The molecule has 0 aromatic carbocycles. The van der Waals surface area contributed by atoms with Gasteiger partial charge in [-0.25, -0.2) is 17.5 Å². The van der Waals surface area contributed by atoms with Crippen LogP contribution in [0.3, 0.4) is 0 Å². The van der Waals surface area contributed by atoms with Gasteiger partial charge in [-0.3, -0.25) is 9.78 Å². The van der Waals surface area contributed by atoms with Crippen molar-refractivity contribution in [3.63, 3.8) is 0 Å². The second-order valence-electron chi connectivity index (χ2n) is 5.58. The molecule has 0 spiro atoms. The molecule has 2 saturated carbocycles. The number of halogens is 1. The van der Waals surface area contributed by atoms with E-state index in [1.54, 1.807) is 0 Å². The summed E-state index contributed by atoms with van der Waals surface area (Å²) in [5, 5.41) is -0.494. The van der Waals surface area contributed by atoms with Crippen molar-refractivity contribution in [1.29, 1.82) is 0 Å². The summed E-state index contributed by atoms with van der Waals surface area (Å²) >= 11 is 0. The molecule has 108 valence electrons. The maximum absolute atomic E-state index is 13.0. The average Bonchev–Trinajstić information content (AvgIpc) is 3.00. The van der Waals surface area contributed by atoms with Gasteiger partial charge in [-0.2, -0.15) is 0 Å². The predicted molar refractivity (Wildman–Crippen MR) is 69.8 cm³/mol. The molecular weight excluding hydrogens is 283 g/mol. The molecule has 1 aromatic heterocycles. The van der Waals surface area contributed by atoms with E-state index in [9.17, 15) is 17.6 Å². The molecule has 1 heterocycles. The van der Waals surface area contributed by atoms with Crippen molar-refractivity contribution in [1.82, 2.24) is 9.71 Å². The molecule has 2 aliphatic carbocycles. The van der Waals surface area contributed by atoms with Crippen molar-refractivity contribution in [2.24, 2.45) is 11.8 Å². The lowest BCUT2D eigenvalue weighted by molar-refractivity contribution is 0.0980. The quantitative estimate of drug-likeness (QED) is 0.917. The van der Waals surface area contributed by atoms with E-state index in [1.165, 1.54) is 0 Å². The minimum atomic E-state index is -3.70. The molecule has 5 nitrogen and oxygen atoms in total. The fraction of sp³-hybridized carbons (Fsp3) is 0.538. The molecule has 7 heteroatoms. The molecule has 1 aromatic rings. The Hall–Kier alpha value is -1.50. The van der Waals surface area contributed by atoms with Crippen LogP contribution in [0, 0.1) is 17.7 Å². The van der Waals surface area contributed by atoms with Crippen LogP contribution >= 0.6 is 0 Å². The Bertz CT molecular complexity index is 647. The molecule has 1 unspecified atom stereocenters. The lowest BCUT2D eigenvalue weighted by Gasteiger charge is -2.21. The molecule has 2 aliphatic rings. The summed E-state index contributed by atoms with van der Waals surface area (Å²) in [6.45, 7) is 0. The molecule has 20 heavy (non-hydrogen) atoms. The Balaban J connectivity index is 1.75. The number of carbonyl (C=O) groups excluding carboxylic acids is 1. The third kappa shape index (κ3) is 2.42. The van der Waals surface area contributed by atoms with Gasteiger partial charge in [0.2, 0.25) is 10.0 Å². The summed E-state index contributed by atoms with van der Waals surface area (Å²) in [5.74, 6) is -0.877. The van der Waals surface area contributed by atoms with Crippen LogP contribution in [-0.2, 0) is 10.0 Å². The number of rotatable bonds is 3. The van der Waals surface area contributed by atoms with Crippen LogP contribution in [0.5, 0.6) is 0 Å². The molecule has 3 atom stereocenters. The van der Waals surface area contributed by atoms with E-state index in [0.717, 1.165) is 37.7 Å². The number of hydrogen-bond donors (Lipinski definition) is 1. The number of pyridine rings is 1. The Morgan fingerprint density at radius 2 is 2.10 bits per heavy atom. The zero-order chi connectivity index (χ0) is 14.3. The van der Waals surface area contributed by atoms with Gasteiger partial charge in [-0.05, 0) is 37.2 Å². The lowest BCUT2D eigenvalue weighted by atomic mass is 10.0. The van der Waals surface area contributed by atoms with Crippen LogP contribution in [0.25, 0.3) is 0 Å². The summed E-state index contributed by atoms with van der Waals surface area (Å²) in [6, 6.07) is 0.971. The van der Waals surface area contributed by atoms with Gasteiger partial charge in [-0.1, -0.05) is 6.42 Å². The maximum Gasteiger partial charge on any atom is 0.266 e. The van der Waals surface area contributed by atoms with E-state index in [4.69, 9.17) is 0 Å². The highest BCUT2D eigenvalue weighted by Gasteiger charge is 2.46. The zero-order valence-electron chi connectivity index (χ0n) is 10.8. The third-order valence-corrected chi connectivity index (χ3v) is 6.12. The number of sulfonamides is 1. The Labute approximate surface area is 116 Å². The molecule has 1 amide bonds. The predicted octanol–water partition coefficient (Wildman–Crippen LogP) is 1.47. The number of nitrogens with one attached hydrogen (secondary N) is 1. The van der Waals surface area contributed by atoms with Crippen LogP contribution in [0.1, 0.15) is 36.0 Å². The van der Waals surface area contributed by atoms with Crippen LogP contribution in [0.15, 0.2) is 18.5 Å².